The third-order valence-electron chi connectivity index (χ3n) is 3.61. The van der Waals surface area contributed by atoms with E-state index in [-0.39, 0.29) is 12.5 Å². The SMILES string of the molecule is O=C(OCc1nnc(-c2ccc(Br)cc2)o1)c1sc2ccccc2c1Cl. The van der Waals surface area contributed by atoms with Gasteiger partial charge in [0.15, 0.2) is 6.61 Å². The van der Waals surface area contributed by atoms with E-state index < -0.39 is 5.97 Å². The summed E-state index contributed by atoms with van der Waals surface area (Å²) in [6, 6.07) is 15.0. The van der Waals surface area contributed by atoms with Crippen LogP contribution in [0.3, 0.4) is 0 Å². The molecule has 0 saturated heterocycles. The minimum absolute atomic E-state index is 0.118. The van der Waals surface area contributed by atoms with Gasteiger partial charge in [-0.05, 0) is 30.3 Å². The maximum atomic E-state index is 12.3. The van der Waals surface area contributed by atoms with Gasteiger partial charge < -0.3 is 9.15 Å². The van der Waals surface area contributed by atoms with Crippen molar-refractivity contribution in [3.05, 3.63) is 68.8 Å². The van der Waals surface area contributed by atoms with Crippen LogP contribution in [0.5, 0.6) is 0 Å². The van der Waals surface area contributed by atoms with Gasteiger partial charge in [0.25, 0.3) is 5.89 Å². The highest BCUT2D eigenvalue weighted by Crippen LogP contribution is 2.35. The average Bonchev–Trinajstić information content (AvgIpc) is 3.26. The van der Waals surface area contributed by atoms with E-state index in [0.29, 0.717) is 15.8 Å². The lowest BCUT2D eigenvalue weighted by atomic mass is 10.2. The zero-order chi connectivity index (χ0) is 18.1. The molecule has 0 aliphatic rings. The molecule has 0 spiro atoms. The van der Waals surface area contributed by atoms with E-state index in [1.807, 2.05) is 48.5 Å². The Morgan fingerprint density at radius 3 is 2.69 bits per heavy atom. The van der Waals surface area contributed by atoms with E-state index in [9.17, 15) is 4.79 Å². The number of halogens is 2. The van der Waals surface area contributed by atoms with Crippen LogP contribution in [-0.4, -0.2) is 16.2 Å². The molecule has 0 N–H and O–H groups in total. The largest absolute Gasteiger partial charge is 0.451 e. The minimum atomic E-state index is -0.514. The number of fused-ring (bicyclic) bond motifs is 1. The van der Waals surface area contributed by atoms with Crippen molar-refractivity contribution in [1.29, 1.82) is 0 Å². The van der Waals surface area contributed by atoms with Crippen LogP contribution in [0, 0.1) is 0 Å². The maximum Gasteiger partial charge on any atom is 0.350 e. The van der Waals surface area contributed by atoms with Crippen molar-refractivity contribution < 1.29 is 13.9 Å². The van der Waals surface area contributed by atoms with E-state index in [4.69, 9.17) is 20.8 Å². The van der Waals surface area contributed by atoms with Crippen LogP contribution in [0.15, 0.2) is 57.4 Å². The standard InChI is InChI=1S/C18H10BrClN2O3S/c19-11-7-5-10(6-8-11)17-22-21-14(25-17)9-24-18(23)16-15(20)12-3-1-2-4-13(12)26-16/h1-8H,9H2. The lowest BCUT2D eigenvalue weighted by molar-refractivity contribution is 0.0445. The van der Waals surface area contributed by atoms with E-state index in [1.165, 1.54) is 11.3 Å². The highest BCUT2D eigenvalue weighted by molar-refractivity contribution is 9.10. The number of rotatable bonds is 4. The van der Waals surface area contributed by atoms with E-state index in [1.54, 1.807) is 0 Å². The highest BCUT2D eigenvalue weighted by Gasteiger charge is 2.19. The van der Waals surface area contributed by atoms with Gasteiger partial charge in [0, 0.05) is 20.1 Å². The third-order valence-corrected chi connectivity index (χ3v) is 5.79. The first-order chi connectivity index (χ1) is 12.6. The summed E-state index contributed by atoms with van der Waals surface area (Å²) in [7, 11) is 0. The summed E-state index contributed by atoms with van der Waals surface area (Å²) in [4.78, 5) is 12.7. The zero-order valence-corrected chi connectivity index (χ0v) is 16.3. The zero-order valence-electron chi connectivity index (χ0n) is 13.1. The second kappa shape index (κ2) is 7.19. The van der Waals surface area contributed by atoms with E-state index >= 15 is 0 Å². The Balaban J connectivity index is 1.47. The van der Waals surface area contributed by atoms with Crippen LogP contribution in [0.2, 0.25) is 5.02 Å². The van der Waals surface area contributed by atoms with Gasteiger partial charge in [-0.1, -0.05) is 45.7 Å². The summed E-state index contributed by atoms with van der Waals surface area (Å²) < 4.78 is 12.7. The molecule has 0 unspecified atom stereocenters. The minimum Gasteiger partial charge on any atom is -0.451 e. The van der Waals surface area contributed by atoms with E-state index in [0.717, 1.165) is 20.1 Å². The Kier molecular flexibility index (Phi) is 4.76. The molecule has 4 aromatic rings. The molecule has 0 atom stereocenters. The van der Waals surface area contributed by atoms with Crippen LogP contribution in [0.4, 0.5) is 0 Å². The quantitative estimate of drug-likeness (QED) is 0.373. The highest BCUT2D eigenvalue weighted by atomic mass is 79.9. The first kappa shape index (κ1) is 17.2. The average molecular weight is 450 g/mol. The van der Waals surface area contributed by atoms with Crippen LogP contribution >= 0.6 is 38.9 Å². The molecule has 2 aromatic heterocycles. The smallest absolute Gasteiger partial charge is 0.350 e. The van der Waals surface area contributed by atoms with Crippen molar-refractivity contribution in [3.63, 3.8) is 0 Å². The molecule has 4 rings (SSSR count). The van der Waals surface area contributed by atoms with Crippen molar-refractivity contribution in [1.82, 2.24) is 10.2 Å². The van der Waals surface area contributed by atoms with Gasteiger partial charge in [0.2, 0.25) is 5.89 Å². The summed E-state index contributed by atoms with van der Waals surface area (Å²) in [5.41, 5.74) is 0.783. The lowest BCUT2D eigenvalue weighted by Crippen LogP contribution is -2.04. The molecule has 0 aliphatic carbocycles. The molecular weight excluding hydrogens is 440 g/mol. The van der Waals surface area contributed by atoms with Crippen LogP contribution in [0.1, 0.15) is 15.6 Å². The van der Waals surface area contributed by atoms with E-state index in [2.05, 4.69) is 26.1 Å². The Labute approximate surface area is 165 Å². The molecule has 5 nitrogen and oxygen atoms in total. The number of carbonyl (C=O) groups is 1. The van der Waals surface area contributed by atoms with Gasteiger partial charge >= 0.3 is 5.97 Å². The molecule has 130 valence electrons. The Morgan fingerprint density at radius 2 is 1.92 bits per heavy atom. The Hall–Kier alpha value is -2.22. The molecule has 26 heavy (non-hydrogen) atoms. The number of aromatic nitrogens is 2. The molecule has 0 radical (unpaired) electrons. The topological polar surface area (TPSA) is 65.2 Å². The monoisotopic (exact) mass is 448 g/mol. The molecule has 0 saturated carbocycles. The predicted octanol–water partition coefficient (Wildman–Crippen LogP) is 5.72. The molecular formula is C18H10BrClN2O3S. The number of benzene rings is 2. The number of ether oxygens (including phenoxy) is 1. The van der Waals surface area contributed by atoms with Gasteiger partial charge in [-0.2, -0.15) is 0 Å². The number of nitrogens with zero attached hydrogens (tertiary/aromatic N) is 2. The summed E-state index contributed by atoms with van der Waals surface area (Å²) >= 11 is 10.9. The maximum absolute atomic E-state index is 12.3. The van der Waals surface area contributed by atoms with Crippen molar-refractivity contribution in [3.8, 4) is 11.5 Å². The van der Waals surface area contributed by atoms with Gasteiger partial charge in [-0.3, -0.25) is 0 Å². The van der Waals surface area contributed by atoms with Gasteiger partial charge in [0.05, 0.1) is 5.02 Å². The molecule has 8 heteroatoms. The molecule has 0 bridgehead atoms. The van der Waals surface area contributed by atoms with Crippen LogP contribution in [-0.2, 0) is 11.3 Å². The number of carbonyl (C=O) groups excluding carboxylic acids is 1. The molecule has 0 fully saturated rings. The van der Waals surface area contributed by atoms with Crippen molar-refractivity contribution in [2.45, 2.75) is 6.61 Å². The third kappa shape index (κ3) is 3.38. The molecule has 2 aromatic carbocycles. The summed E-state index contributed by atoms with van der Waals surface area (Å²) in [6.45, 7) is -0.118. The number of hydrogen-bond donors (Lipinski definition) is 0. The molecule has 0 amide bonds. The Morgan fingerprint density at radius 1 is 1.15 bits per heavy atom. The number of esters is 1. The first-order valence-corrected chi connectivity index (χ1v) is 9.53. The number of thiophene rings is 1. The Bertz CT molecular complexity index is 1090. The summed E-state index contributed by atoms with van der Waals surface area (Å²) in [5, 5.41) is 9.12. The second-order valence-corrected chi connectivity index (χ2v) is 7.67. The summed E-state index contributed by atoms with van der Waals surface area (Å²) in [5.74, 6) is 0.0662. The fraction of sp³-hybridized carbons (Fsp3) is 0.0556. The summed E-state index contributed by atoms with van der Waals surface area (Å²) in [6.07, 6.45) is 0. The first-order valence-electron chi connectivity index (χ1n) is 7.54. The van der Waals surface area contributed by atoms with Gasteiger partial charge in [0.1, 0.15) is 4.88 Å². The van der Waals surface area contributed by atoms with Gasteiger partial charge in [-0.15, -0.1) is 21.5 Å². The fourth-order valence-electron chi connectivity index (χ4n) is 2.36. The predicted molar refractivity (Wildman–Crippen MR) is 103 cm³/mol. The second-order valence-electron chi connectivity index (χ2n) is 5.33. The van der Waals surface area contributed by atoms with Crippen LogP contribution in [0.25, 0.3) is 21.5 Å². The van der Waals surface area contributed by atoms with Crippen molar-refractivity contribution >= 4 is 54.9 Å². The normalized spacial score (nSPS) is 11.0. The van der Waals surface area contributed by atoms with Crippen molar-refractivity contribution in [2.24, 2.45) is 0 Å². The van der Waals surface area contributed by atoms with Gasteiger partial charge in [-0.25, -0.2) is 4.79 Å². The number of hydrogen-bond acceptors (Lipinski definition) is 6. The molecule has 2 heterocycles. The van der Waals surface area contributed by atoms with Crippen LogP contribution < -0.4 is 0 Å². The lowest BCUT2D eigenvalue weighted by Gasteiger charge is -2.00. The fourth-order valence-corrected chi connectivity index (χ4v) is 4.03. The van der Waals surface area contributed by atoms with Crippen molar-refractivity contribution in [2.75, 3.05) is 0 Å². The molecule has 0 aliphatic heterocycles.